The summed E-state index contributed by atoms with van der Waals surface area (Å²) in [6, 6.07) is 2.41. The van der Waals surface area contributed by atoms with Gasteiger partial charge in [0.25, 0.3) is 0 Å². The zero-order valence-corrected chi connectivity index (χ0v) is 9.63. The average Bonchev–Trinajstić information content (AvgIpc) is 2.01. The van der Waals surface area contributed by atoms with Gasteiger partial charge in [0.2, 0.25) is 0 Å². The van der Waals surface area contributed by atoms with Gasteiger partial charge >= 0.3 is 0 Å². The van der Waals surface area contributed by atoms with Crippen molar-refractivity contribution in [2.24, 2.45) is 5.92 Å². The van der Waals surface area contributed by atoms with Gasteiger partial charge in [-0.2, -0.15) is 0 Å². The third kappa shape index (κ3) is 2.98. The van der Waals surface area contributed by atoms with Crippen LogP contribution in [0.4, 0.5) is 5.82 Å². The van der Waals surface area contributed by atoms with Crippen LogP contribution in [0.1, 0.15) is 32.3 Å². The second-order valence-corrected chi connectivity index (χ2v) is 4.12. The van der Waals surface area contributed by atoms with E-state index >= 15 is 0 Å². The number of aryl methyl sites for hydroxylation is 2. The molecule has 1 N–H and O–H groups in total. The third-order valence-corrected chi connectivity index (χ3v) is 2.34. The second kappa shape index (κ2) is 4.40. The molecule has 3 nitrogen and oxygen atoms in total. The van der Waals surface area contributed by atoms with Gasteiger partial charge in [-0.3, -0.25) is 0 Å². The minimum atomic E-state index is 0.434. The molecule has 0 amide bonds. The lowest BCUT2D eigenvalue weighted by molar-refractivity contribution is 0.558. The number of hydrogen-bond acceptors (Lipinski definition) is 3. The van der Waals surface area contributed by atoms with Crippen LogP contribution in [0.5, 0.6) is 0 Å². The minimum absolute atomic E-state index is 0.434. The lowest BCUT2D eigenvalue weighted by atomic mass is 10.1. The number of aromatic nitrogens is 2. The highest BCUT2D eigenvalue weighted by molar-refractivity contribution is 5.36. The predicted molar refractivity (Wildman–Crippen MR) is 59.4 cm³/mol. The molecule has 0 saturated heterocycles. The van der Waals surface area contributed by atoms with Crippen molar-refractivity contribution in [3.8, 4) is 0 Å². The maximum atomic E-state index is 4.33. The Hall–Kier alpha value is -1.12. The molecule has 1 atom stereocenters. The van der Waals surface area contributed by atoms with Crippen molar-refractivity contribution < 1.29 is 0 Å². The molecule has 78 valence electrons. The molecule has 0 bridgehead atoms. The van der Waals surface area contributed by atoms with Crippen molar-refractivity contribution in [1.29, 1.82) is 0 Å². The van der Waals surface area contributed by atoms with E-state index in [4.69, 9.17) is 0 Å². The van der Waals surface area contributed by atoms with Crippen molar-refractivity contribution in [3.05, 3.63) is 17.6 Å². The highest BCUT2D eigenvalue weighted by atomic mass is 15.0. The summed E-state index contributed by atoms with van der Waals surface area (Å²) < 4.78 is 0. The molecule has 0 aliphatic carbocycles. The van der Waals surface area contributed by atoms with Crippen molar-refractivity contribution in [2.75, 3.05) is 5.32 Å². The molecule has 0 fully saturated rings. The smallest absolute Gasteiger partial charge is 0.130 e. The number of nitrogens with zero attached hydrogens (tertiary/aromatic N) is 2. The highest BCUT2D eigenvalue weighted by Gasteiger charge is 2.07. The number of anilines is 1. The van der Waals surface area contributed by atoms with Gasteiger partial charge in [0, 0.05) is 17.8 Å². The van der Waals surface area contributed by atoms with E-state index in [1.165, 1.54) is 0 Å². The molecule has 14 heavy (non-hydrogen) atoms. The summed E-state index contributed by atoms with van der Waals surface area (Å²) in [7, 11) is 0. The van der Waals surface area contributed by atoms with Crippen LogP contribution in [0.15, 0.2) is 6.07 Å². The van der Waals surface area contributed by atoms with Crippen LogP contribution in [0, 0.1) is 19.8 Å². The monoisotopic (exact) mass is 193 g/mol. The van der Waals surface area contributed by atoms with Crippen LogP contribution in [0.2, 0.25) is 0 Å². The van der Waals surface area contributed by atoms with E-state index in [9.17, 15) is 0 Å². The molecule has 1 aromatic heterocycles. The van der Waals surface area contributed by atoms with Crippen LogP contribution < -0.4 is 5.32 Å². The van der Waals surface area contributed by atoms with Gasteiger partial charge in [0.05, 0.1) is 0 Å². The first kappa shape index (κ1) is 11.0. The number of rotatable bonds is 3. The van der Waals surface area contributed by atoms with Crippen LogP contribution in [-0.2, 0) is 0 Å². The second-order valence-electron chi connectivity index (χ2n) is 4.12. The Kier molecular flexibility index (Phi) is 3.44. The summed E-state index contributed by atoms with van der Waals surface area (Å²) in [4.78, 5) is 8.57. The van der Waals surface area contributed by atoms with Crippen LogP contribution in [-0.4, -0.2) is 16.0 Å². The summed E-state index contributed by atoms with van der Waals surface area (Å²) in [6.45, 7) is 10.5. The van der Waals surface area contributed by atoms with Crippen LogP contribution >= 0.6 is 0 Å². The Bertz CT molecular complexity index is 287. The van der Waals surface area contributed by atoms with Crippen molar-refractivity contribution >= 4 is 5.82 Å². The van der Waals surface area contributed by atoms with Gasteiger partial charge in [-0.15, -0.1) is 0 Å². The zero-order valence-electron chi connectivity index (χ0n) is 9.63. The quantitative estimate of drug-likeness (QED) is 0.801. The summed E-state index contributed by atoms with van der Waals surface area (Å²) in [5.41, 5.74) is 1.01. The molecule has 1 heterocycles. The number of nitrogens with one attached hydrogen (secondary N) is 1. The summed E-state index contributed by atoms with van der Waals surface area (Å²) in [5, 5.41) is 3.37. The van der Waals surface area contributed by atoms with Crippen molar-refractivity contribution in [2.45, 2.75) is 40.7 Å². The van der Waals surface area contributed by atoms with Crippen LogP contribution in [0.25, 0.3) is 0 Å². The molecule has 1 unspecified atom stereocenters. The topological polar surface area (TPSA) is 37.8 Å². The molecule has 0 spiro atoms. The molecule has 0 aromatic carbocycles. The fraction of sp³-hybridized carbons (Fsp3) is 0.636. The molecule has 3 heteroatoms. The first-order valence-corrected chi connectivity index (χ1v) is 5.08. The van der Waals surface area contributed by atoms with Crippen molar-refractivity contribution in [1.82, 2.24) is 9.97 Å². The Labute approximate surface area is 86.0 Å². The number of hydrogen-bond donors (Lipinski definition) is 1. The normalized spacial score (nSPS) is 13.0. The minimum Gasteiger partial charge on any atom is -0.367 e. The maximum absolute atomic E-state index is 4.33. The third-order valence-electron chi connectivity index (χ3n) is 2.34. The predicted octanol–water partition coefficient (Wildman–Crippen LogP) is 2.55. The van der Waals surface area contributed by atoms with E-state index < -0.39 is 0 Å². The molecule has 1 aromatic rings. The van der Waals surface area contributed by atoms with E-state index in [1.54, 1.807) is 0 Å². The SMILES string of the molecule is Cc1cc(NC(C)C(C)C)nc(C)n1. The van der Waals surface area contributed by atoms with Crippen molar-refractivity contribution in [3.63, 3.8) is 0 Å². The Balaban J connectivity index is 2.76. The van der Waals surface area contributed by atoms with Gasteiger partial charge < -0.3 is 5.32 Å². The average molecular weight is 193 g/mol. The maximum Gasteiger partial charge on any atom is 0.130 e. The summed E-state index contributed by atoms with van der Waals surface area (Å²) in [6.07, 6.45) is 0. The van der Waals surface area contributed by atoms with E-state index in [2.05, 4.69) is 36.1 Å². The van der Waals surface area contributed by atoms with Gasteiger partial charge in [-0.25, -0.2) is 9.97 Å². The molecule has 0 saturated carbocycles. The van der Waals surface area contributed by atoms with E-state index in [0.29, 0.717) is 12.0 Å². The van der Waals surface area contributed by atoms with Gasteiger partial charge in [0.15, 0.2) is 0 Å². The molecule has 1 rings (SSSR count). The van der Waals surface area contributed by atoms with E-state index in [0.717, 1.165) is 17.3 Å². The Morgan fingerprint density at radius 2 is 1.79 bits per heavy atom. The van der Waals surface area contributed by atoms with Gasteiger partial charge in [-0.05, 0) is 26.7 Å². The molecular weight excluding hydrogens is 174 g/mol. The zero-order chi connectivity index (χ0) is 10.7. The molecule has 0 radical (unpaired) electrons. The fourth-order valence-electron chi connectivity index (χ4n) is 1.19. The first-order chi connectivity index (χ1) is 6.49. The van der Waals surface area contributed by atoms with Crippen LogP contribution in [0.3, 0.4) is 0 Å². The first-order valence-electron chi connectivity index (χ1n) is 5.08. The molecule has 0 aliphatic rings. The molecule has 0 aliphatic heterocycles. The fourth-order valence-corrected chi connectivity index (χ4v) is 1.19. The Morgan fingerprint density at radius 1 is 1.14 bits per heavy atom. The largest absolute Gasteiger partial charge is 0.367 e. The standard InChI is InChI=1S/C11H19N3/c1-7(2)9(4)13-11-6-8(3)12-10(5)14-11/h6-7,9H,1-5H3,(H,12,13,14). The van der Waals surface area contributed by atoms with Gasteiger partial charge in [0.1, 0.15) is 11.6 Å². The summed E-state index contributed by atoms with van der Waals surface area (Å²) in [5.74, 6) is 2.35. The highest BCUT2D eigenvalue weighted by Crippen LogP contribution is 2.10. The van der Waals surface area contributed by atoms with E-state index in [1.807, 2.05) is 19.9 Å². The lowest BCUT2D eigenvalue weighted by Gasteiger charge is -2.18. The lowest BCUT2D eigenvalue weighted by Crippen LogP contribution is -2.22. The molecular formula is C11H19N3. The van der Waals surface area contributed by atoms with Gasteiger partial charge in [-0.1, -0.05) is 13.8 Å². The Morgan fingerprint density at radius 3 is 2.29 bits per heavy atom. The van der Waals surface area contributed by atoms with E-state index in [-0.39, 0.29) is 0 Å². The summed E-state index contributed by atoms with van der Waals surface area (Å²) >= 11 is 0.